The Morgan fingerprint density at radius 3 is 2.55 bits per heavy atom. The van der Waals surface area contributed by atoms with E-state index >= 15 is 0 Å². The second-order valence-electron chi connectivity index (χ2n) is 3.98. The summed E-state index contributed by atoms with van der Waals surface area (Å²) in [6.07, 6.45) is 0. The fourth-order valence-electron chi connectivity index (χ4n) is 1.56. The van der Waals surface area contributed by atoms with Gasteiger partial charge in [-0.2, -0.15) is 0 Å². The molecule has 2 aromatic carbocycles. The highest BCUT2D eigenvalue weighted by Gasteiger charge is 2.12. The fourth-order valence-corrected chi connectivity index (χ4v) is 2.96. The number of benzene rings is 2. The maximum Gasteiger partial charge on any atom is 0.237 e. The topological polar surface area (TPSA) is 46.2 Å². The number of carbonyl (C=O) groups excluding carboxylic acids is 1. The van der Waals surface area contributed by atoms with E-state index in [2.05, 4.69) is 5.32 Å². The molecule has 0 unspecified atom stereocenters. The van der Waals surface area contributed by atoms with Gasteiger partial charge in [-0.3, -0.25) is 9.00 Å². The van der Waals surface area contributed by atoms with Gasteiger partial charge in [0.2, 0.25) is 5.91 Å². The minimum Gasteiger partial charge on any atom is -0.324 e. The molecule has 1 atom stereocenters. The van der Waals surface area contributed by atoms with E-state index in [1.54, 1.807) is 48.5 Å². The molecule has 1 N–H and O–H groups in total. The molecule has 0 radical (unpaired) electrons. The molecule has 0 aliphatic carbocycles. The molecule has 2 rings (SSSR count). The Labute approximate surface area is 129 Å². The number of nitrogens with one attached hydrogen (secondary N) is 1. The average molecular weight is 328 g/mol. The third-order valence-electron chi connectivity index (χ3n) is 2.47. The summed E-state index contributed by atoms with van der Waals surface area (Å²) >= 11 is 11.8. The number of para-hydroxylation sites is 1. The van der Waals surface area contributed by atoms with E-state index < -0.39 is 10.8 Å². The second kappa shape index (κ2) is 6.88. The predicted octanol–water partition coefficient (Wildman–Crippen LogP) is 3.74. The van der Waals surface area contributed by atoms with Gasteiger partial charge in [0.05, 0.1) is 21.5 Å². The first-order valence-corrected chi connectivity index (χ1v) is 7.82. The zero-order valence-corrected chi connectivity index (χ0v) is 12.6. The lowest BCUT2D eigenvalue weighted by molar-refractivity contribution is -0.113. The quantitative estimate of drug-likeness (QED) is 0.929. The second-order valence-corrected chi connectivity index (χ2v) is 6.27. The summed E-state index contributed by atoms with van der Waals surface area (Å²) in [5, 5.41) is 3.56. The molecule has 0 bridgehead atoms. The van der Waals surface area contributed by atoms with Gasteiger partial charge in [-0.25, -0.2) is 0 Å². The van der Waals surface area contributed by atoms with Gasteiger partial charge < -0.3 is 5.32 Å². The van der Waals surface area contributed by atoms with Gasteiger partial charge in [0.15, 0.2) is 0 Å². The Balaban J connectivity index is 2.02. The van der Waals surface area contributed by atoms with Crippen molar-refractivity contribution >= 4 is 45.6 Å². The van der Waals surface area contributed by atoms with Crippen molar-refractivity contribution in [3.8, 4) is 0 Å². The first-order chi connectivity index (χ1) is 9.56. The zero-order chi connectivity index (χ0) is 14.5. The van der Waals surface area contributed by atoms with E-state index in [-0.39, 0.29) is 11.7 Å². The Hall–Kier alpha value is -1.36. The van der Waals surface area contributed by atoms with E-state index in [1.807, 2.05) is 0 Å². The van der Waals surface area contributed by atoms with Gasteiger partial charge in [-0.15, -0.1) is 0 Å². The minimum absolute atomic E-state index is 0.147. The molecule has 0 spiro atoms. The number of hydrogen-bond acceptors (Lipinski definition) is 2. The van der Waals surface area contributed by atoms with Gasteiger partial charge in [0.1, 0.15) is 5.75 Å². The summed E-state index contributed by atoms with van der Waals surface area (Å²) in [5.41, 5.74) is 0.502. The molecule has 1 amide bonds. The summed E-state index contributed by atoms with van der Waals surface area (Å²) < 4.78 is 12.0. The van der Waals surface area contributed by atoms with Crippen molar-refractivity contribution in [2.24, 2.45) is 0 Å². The van der Waals surface area contributed by atoms with Crippen molar-refractivity contribution in [2.75, 3.05) is 11.1 Å². The summed E-state index contributed by atoms with van der Waals surface area (Å²) in [7, 11) is -1.44. The normalized spacial score (nSPS) is 11.9. The molecule has 0 saturated carbocycles. The molecular weight excluding hydrogens is 317 g/mol. The van der Waals surface area contributed by atoms with Gasteiger partial charge >= 0.3 is 0 Å². The molecule has 2 aromatic rings. The van der Waals surface area contributed by atoms with Crippen molar-refractivity contribution in [1.82, 2.24) is 0 Å². The third-order valence-corrected chi connectivity index (χ3v) is 4.34. The smallest absolute Gasteiger partial charge is 0.237 e. The first-order valence-electron chi connectivity index (χ1n) is 5.74. The summed E-state index contributed by atoms with van der Waals surface area (Å²) in [6, 6.07) is 13.5. The molecule has 6 heteroatoms. The number of rotatable bonds is 4. The molecule has 0 aliphatic heterocycles. The predicted molar refractivity (Wildman–Crippen MR) is 82.8 cm³/mol. The van der Waals surface area contributed by atoms with E-state index in [0.29, 0.717) is 20.6 Å². The molecule has 3 nitrogen and oxygen atoms in total. The molecule has 0 aliphatic rings. The van der Waals surface area contributed by atoms with Gasteiger partial charge in [0.25, 0.3) is 0 Å². The lowest BCUT2D eigenvalue weighted by Gasteiger charge is -2.07. The van der Waals surface area contributed by atoms with Crippen molar-refractivity contribution in [2.45, 2.75) is 4.90 Å². The van der Waals surface area contributed by atoms with Crippen LogP contribution in [0.3, 0.4) is 0 Å². The summed E-state index contributed by atoms with van der Waals surface area (Å²) in [6.45, 7) is 0. The maximum atomic E-state index is 12.0. The van der Waals surface area contributed by atoms with Gasteiger partial charge in [-0.1, -0.05) is 41.4 Å². The van der Waals surface area contributed by atoms with Crippen LogP contribution in [0, 0.1) is 0 Å². The van der Waals surface area contributed by atoms with Crippen LogP contribution in [-0.2, 0) is 15.6 Å². The highest BCUT2D eigenvalue weighted by atomic mass is 35.5. The van der Waals surface area contributed by atoms with Crippen LogP contribution in [0.5, 0.6) is 0 Å². The molecule has 0 saturated heterocycles. The van der Waals surface area contributed by atoms with Crippen LogP contribution in [-0.4, -0.2) is 15.9 Å². The van der Waals surface area contributed by atoms with Crippen LogP contribution in [0.2, 0.25) is 10.0 Å². The molecule has 104 valence electrons. The maximum absolute atomic E-state index is 12.0. The van der Waals surface area contributed by atoms with Gasteiger partial charge in [0, 0.05) is 9.92 Å². The number of amides is 1. The molecule has 20 heavy (non-hydrogen) atoms. The number of carbonyl (C=O) groups is 1. The fraction of sp³-hybridized carbons (Fsp3) is 0.0714. The largest absolute Gasteiger partial charge is 0.324 e. The van der Waals surface area contributed by atoms with E-state index in [0.717, 1.165) is 0 Å². The molecule has 0 heterocycles. The zero-order valence-electron chi connectivity index (χ0n) is 10.3. The average Bonchev–Trinajstić information content (AvgIpc) is 2.41. The number of anilines is 1. The highest BCUT2D eigenvalue weighted by molar-refractivity contribution is 7.85. The van der Waals surface area contributed by atoms with E-state index in [4.69, 9.17) is 23.2 Å². The minimum atomic E-state index is -1.44. The number of hydrogen-bond donors (Lipinski definition) is 1. The van der Waals surface area contributed by atoms with Crippen molar-refractivity contribution in [3.63, 3.8) is 0 Å². The van der Waals surface area contributed by atoms with E-state index in [9.17, 15) is 9.00 Å². The standard InChI is InChI=1S/C14H11Cl2NO2S/c15-10-4-3-5-11(8-10)20(19)9-14(18)17-13-7-2-1-6-12(13)16/h1-8H,9H2,(H,17,18)/t20-/m0/s1. The van der Waals surface area contributed by atoms with Crippen molar-refractivity contribution in [1.29, 1.82) is 0 Å². The van der Waals surface area contributed by atoms with Crippen LogP contribution in [0.1, 0.15) is 0 Å². The number of halogens is 2. The Kier molecular flexibility index (Phi) is 5.17. The third kappa shape index (κ3) is 4.07. The summed E-state index contributed by atoms with van der Waals surface area (Å²) in [5.74, 6) is -0.512. The van der Waals surface area contributed by atoms with E-state index in [1.165, 1.54) is 0 Å². The molecular formula is C14H11Cl2NO2S. The van der Waals surface area contributed by atoms with Gasteiger partial charge in [-0.05, 0) is 30.3 Å². The van der Waals surface area contributed by atoms with Crippen LogP contribution in [0.15, 0.2) is 53.4 Å². The van der Waals surface area contributed by atoms with Crippen LogP contribution in [0.25, 0.3) is 0 Å². The lowest BCUT2D eigenvalue weighted by atomic mass is 10.3. The molecule has 0 fully saturated rings. The highest BCUT2D eigenvalue weighted by Crippen LogP contribution is 2.20. The van der Waals surface area contributed by atoms with Crippen molar-refractivity contribution < 1.29 is 9.00 Å². The Morgan fingerprint density at radius 2 is 1.85 bits per heavy atom. The lowest BCUT2D eigenvalue weighted by Crippen LogP contribution is -2.19. The Morgan fingerprint density at radius 1 is 1.10 bits per heavy atom. The SMILES string of the molecule is O=C(C[S@](=O)c1cccc(Cl)c1)Nc1ccccc1Cl. The Bertz CT molecular complexity index is 661. The molecule has 0 aromatic heterocycles. The van der Waals surface area contributed by atoms with Crippen molar-refractivity contribution in [3.05, 3.63) is 58.6 Å². The van der Waals surface area contributed by atoms with Crippen LogP contribution >= 0.6 is 23.2 Å². The van der Waals surface area contributed by atoms with Crippen LogP contribution in [0.4, 0.5) is 5.69 Å². The monoisotopic (exact) mass is 327 g/mol. The van der Waals surface area contributed by atoms with Crippen LogP contribution < -0.4 is 5.32 Å². The first kappa shape index (κ1) is 15.0. The summed E-state index contributed by atoms with van der Waals surface area (Å²) in [4.78, 5) is 12.4.